The molecule has 0 aliphatic carbocycles. The molecule has 0 saturated carbocycles. The minimum atomic E-state index is -1.18. The summed E-state index contributed by atoms with van der Waals surface area (Å²) in [7, 11) is 5.79. The van der Waals surface area contributed by atoms with Crippen LogP contribution in [0.3, 0.4) is 0 Å². The standard InChI is InChI=1S/C15H29NO4.ClH/c1-5-6-7-8-9-10-15(19)20-13(11-14(17)18)12-16(2,3)4;/h13H,5-12H2,1-4H3;1H/t13-;/m0./s1. The molecule has 0 fully saturated rings. The van der Waals surface area contributed by atoms with E-state index >= 15 is 0 Å². The molecule has 0 heterocycles. The van der Waals surface area contributed by atoms with Crippen LogP contribution >= 0.6 is 12.4 Å². The summed E-state index contributed by atoms with van der Waals surface area (Å²) in [6.45, 7) is 2.61. The lowest BCUT2D eigenvalue weighted by molar-refractivity contribution is -0.873. The van der Waals surface area contributed by atoms with Gasteiger partial charge in [0, 0.05) is 18.8 Å². The molecule has 5 nitrogen and oxygen atoms in total. The van der Waals surface area contributed by atoms with Gasteiger partial charge in [0.05, 0.1) is 21.1 Å². The predicted octanol–water partition coefficient (Wildman–Crippen LogP) is 1.53. The molecule has 0 radical (unpaired) electrons. The fraction of sp³-hybridized carbons (Fsp3) is 0.867. The Morgan fingerprint density at radius 3 is 2.14 bits per heavy atom. The summed E-state index contributed by atoms with van der Waals surface area (Å²) in [5, 5.41) is 10.7. The van der Waals surface area contributed by atoms with Gasteiger partial charge in [-0.2, -0.15) is 0 Å². The van der Waals surface area contributed by atoms with Gasteiger partial charge >= 0.3 is 5.97 Å². The lowest BCUT2D eigenvalue weighted by atomic mass is 10.1. The van der Waals surface area contributed by atoms with Gasteiger partial charge in [-0.05, 0) is 6.42 Å². The van der Waals surface area contributed by atoms with Crippen molar-refractivity contribution in [2.45, 2.75) is 58.0 Å². The minimum absolute atomic E-state index is 0. The molecule has 0 amide bonds. The first kappa shape index (κ1) is 22.5. The molecule has 1 atom stereocenters. The number of hydrogen-bond acceptors (Lipinski definition) is 4. The molecule has 0 aliphatic rings. The number of unbranched alkanes of at least 4 members (excludes halogenated alkanes) is 4. The number of hydrogen-bond donors (Lipinski definition) is 0. The van der Waals surface area contributed by atoms with Crippen LogP contribution in [0, 0.1) is 0 Å². The Morgan fingerprint density at radius 2 is 1.67 bits per heavy atom. The number of likely N-dealkylation sites (N-methyl/N-ethyl adjacent to an activating group) is 1. The number of carboxylic acids is 1. The Hall–Kier alpha value is -0.810. The summed E-state index contributed by atoms with van der Waals surface area (Å²) < 4.78 is 5.81. The van der Waals surface area contributed by atoms with Gasteiger partial charge in [0.15, 0.2) is 6.10 Å². The molecule has 126 valence electrons. The lowest BCUT2D eigenvalue weighted by Gasteiger charge is -2.29. The highest BCUT2D eigenvalue weighted by atomic mass is 35.5. The number of nitrogens with zero attached hydrogens (tertiary/aromatic N) is 1. The Kier molecular flexibility index (Phi) is 12.6. The fourth-order valence-corrected chi connectivity index (χ4v) is 2.06. The van der Waals surface area contributed by atoms with E-state index in [1.54, 1.807) is 0 Å². The van der Waals surface area contributed by atoms with Crippen LogP contribution in [0.5, 0.6) is 0 Å². The second-order valence-corrected chi connectivity index (χ2v) is 6.33. The van der Waals surface area contributed by atoms with E-state index in [2.05, 4.69) is 6.92 Å². The highest BCUT2D eigenvalue weighted by Gasteiger charge is 2.22. The van der Waals surface area contributed by atoms with Crippen LogP contribution in [0.15, 0.2) is 0 Å². The van der Waals surface area contributed by atoms with Crippen molar-refractivity contribution in [1.82, 2.24) is 0 Å². The second kappa shape index (κ2) is 11.8. The SMILES string of the molecule is CCCCCCCC(=O)O[C@@H](CC(=O)[O-])C[N+](C)(C)C.Cl. The van der Waals surface area contributed by atoms with Gasteiger partial charge in [-0.3, -0.25) is 4.79 Å². The summed E-state index contributed by atoms with van der Waals surface area (Å²) >= 11 is 0. The van der Waals surface area contributed by atoms with Crippen LogP contribution in [0.1, 0.15) is 51.9 Å². The number of rotatable bonds is 11. The molecule has 0 rings (SSSR count). The molecule has 0 bridgehead atoms. The molecule has 0 aromatic carbocycles. The van der Waals surface area contributed by atoms with E-state index in [4.69, 9.17) is 4.74 Å². The van der Waals surface area contributed by atoms with E-state index < -0.39 is 12.1 Å². The number of ether oxygens (including phenoxy) is 1. The Morgan fingerprint density at radius 1 is 1.10 bits per heavy atom. The van der Waals surface area contributed by atoms with E-state index in [1.165, 1.54) is 12.8 Å². The van der Waals surface area contributed by atoms with Crippen molar-refractivity contribution in [3.8, 4) is 0 Å². The van der Waals surface area contributed by atoms with Gasteiger partial charge in [0.25, 0.3) is 0 Å². The van der Waals surface area contributed by atoms with E-state index in [1.807, 2.05) is 21.1 Å². The zero-order chi connectivity index (χ0) is 15.6. The van der Waals surface area contributed by atoms with Gasteiger partial charge in [-0.25, -0.2) is 0 Å². The fourth-order valence-electron chi connectivity index (χ4n) is 2.06. The van der Waals surface area contributed by atoms with Crippen molar-refractivity contribution in [3.63, 3.8) is 0 Å². The van der Waals surface area contributed by atoms with Crippen molar-refractivity contribution in [2.75, 3.05) is 27.7 Å². The Labute approximate surface area is 134 Å². The van der Waals surface area contributed by atoms with Crippen LogP contribution in [0.2, 0.25) is 0 Å². The summed E-state index contributed by atoms with van der Waals surface area (Å²) in [5.41, 5.74) is 0. The van der Waals surface area contributed by atoms with Gasteiger partial charge in [0.1, 0.15) is 6.54 Å². The number of carbonyl (C=O) groups is 2. The van der Waals surface area contributed by atoms with Crippen molar-refractivity contribution in [1.29, 1.82) is 0 Å². The van der Waals surface area contributed by atoms with E-state index in [9.17, 15) is 14.7 Å². The van der Waals surface area contributed by atoms with Crippen LogP contribution in [0.4, 0.5) is 0 Å². The van der Waals surface area contributed by atoms with Crippen molar-refractivity contribution >= 4 is 24.3 Å². The normalized spacial score (nSPS) is 12.4. The van der Waals surface area contributed by atoms with E-state index in [0.717, 1.165) is 19.3 Å². The molecule has 0 aliphatic heterocycles. The number of carbonyl (C=O) groups excluding carboxylic acids is 2. The quantitative estimate of drug-likeness (QED) is 0.328. The number of quaternary nitrogens is 1. The zero-order valence-electron chi connectivity index (χ0n) is 13.7. The van der Waals surface area contributed by atoms with Crippen molar-refractivity contribution in [2.24, 2.45) is 0 Å². The smallest absolute Gasteiger partial charge is 0.306 e. The van der Waals surface area contributed by atoms with E-state index in [0.29, 0.717) is 17.4 Å². The zero-order valence-corrected chi connectivity index (χ0v) is 14.5. The summed E-state index contributed by atoms with van der Waals surface area (Å²) in [4.78, 5) is 22.4. The average Bonchev–Trinajstić information content (AvgIpc) is 2.25. The maximum Gasteiger partial charge on any atom is 0.306 e. The molecular formula is C15H30ClNO4. The van der Waals surface area contributed by atoms with Gasteiger partial charge < -0.3 is 19.1 Å². The third kappa shape index (κ3) is 15.4. The molecule has 0 saturated heterocycles. The van der Waals surface area contributed by atoms with Crippen LogP contribution in [-0.2, 0) is 14.3 Å². The number of halogens is 1. The van der Waals surface area contributed by atoms with Gasteiger partial charge in [-0.1, -0.05) is 32.6 Å². The molecule has 21 heavy (non-hydrogen) atoms. The summed E-state index contributed by atoms with van der Waals surface area (Å²) in [6, 6.07) is 0. The third-order valence-electron chi connectivity index (χ3n) is 2.93. The number of aliphatic carboxylic acids is 1. The Balaban J connectivity index is 0. The first-order valence-corrected chi connectivity index (χ1v) is 7.44. The maximum absolute atomic E-state index is 11.7. The van der Waals surface area contributed by atoms with Gasteiger partial charge in [-0.15, -0.1) is 12.4 Å². The van der Waals surface area contributed by atoms with Crippen LogP contribution < -0.4 is 5.11 Å². The van der Waals surface area contributed by atoms with Gasteiger partial charge in [0.2, 0.25) is 0 Å². The van der Waals surface area contributed by atoms with Crippen molar-refractivity contribution in [3.05, 3.63) is 0 Å². The minimum Gasteiger partial charge on any atom is -0.550 e. The average molecular weight is 324 g/mol. The molecule has 0 aromatic rings. The molecule has 0 aromatic heterocycles. The first-order valence-electron chi connectivity index (χ1n) is 7.44. The molecule has 6 heteroatoms. The topological polar surface area (TPSA) is 66.4 Å². The summed E-state index contributed by atoms with van der Waals surface area (Å²) in [6.07, 6.45) is 4.83. The highest BCUT2D eigenvalue weighted by Crippen LogP contribution is 2.09. The summed E-state index contributed by atoms with van der Waals surface area (Å²) in [5.74, 6) is -1.49. The monoisotopic (exact) mass is 323 g/mol. The number of esters is 1. The lowest BCUT2D eigenvalue weighted by Crippen LogP contribution is -2.45. The van der Waals surface area contributed by atoms with Crippen LogP contribution in [-0.4, -0.2) is 50.2 Å². The number of carboxylic acid groups (broad SMARTS) is 1. The van der Waals surface area contributed by atoms with Crippen molar-refractivity contribution < 1.29 is 23.9 Å². The molecule has 0 unspecified atom stereocenters. The van der Waals surface area contributed by atoms with E-state index in [-0.39, 0.29) is 24.8 Å². The maximum atomic E-state index is 11.7. The second-order valence-electron chi connectivity index (χ2n) is 6.33. The molecule has 0 spiro atoms. The third-order valence-corrected chi connectivity index (χ3v) is 2.93. The first-order chi connectivity index (χ1) is 9.24. The van der Waals surface area contributed by atoms with Crippen LogP contribution in [0.25, 0.3) is 0 Å². The highest BCUT2D eigenvalue weighted by molar-refractivity contribution is 5.85. The molecular weight excluding hydrogens is 294 g/mol. The largest absolute Gasteiger partial charge is 0.550 e. The molecule has 0 N–H and O–H groups in total. The predicted molar refractivity (Wildman–Crippen MR) is 83.0 cm³/mol. The Bertz CT molecular complexity index is 303.